The standard InChI is InChI=1S/C9H9BrN2S/c1-2-4-12-8(6-11)9-7(10)3-5-13-9/h2-3,5,8,12H,1,4H2. The van der Waals surface area contributed by atoms with E-state index >= 15 is 0 Å². The molecule has 0 fully saturated rings. The van der Waals surface area contributed by atoms with E-state index < -0.39 is 0 Å². The SMILES string of the molecule is C=CCNC(C#N)c1sccc1Br. The molecule has 0 bridgehead atoms. The summed E-state index contributed by atoms with van der Waals surface area (Å²) in [6, 6.07) is 3.90. The molecule has 0 aliphatic heterocycles. The van der Waals surface area contributed by atoms with Crippen LogP contribution in [0.3, 0.4) is 0 Å². The quantitative estimate of drug-likeness (QED) is 0.842. The van der Waals surface area contributed by atoms with Crippen LogP contribution in [-0.2, 0) is 0 Å². The maximum atomic E-state index is 8.89. The van der Waals surface area contributed by atoms with Gasteiger partial charge < -0.3 is 0 Å². The van der Waals surface area contributed by atoms with Crippen LogP contribution in [0.4, 0.5) is 0 Å². The number of hydrogen-bond donors (Lipinski definition) is 1. The number of nitrogens with one attached hydrogen (secondary N) is 1. The van der Waals surface area contributed by atoms with E-state index in [0.717, 1.165) is 9.35 Å². The molecule has 1 rings (SSSR count). The Balaban J connectivity index is 2.73. The first-order valence-electron chi connectivity index (χ1n) is 3.76. The van der Waals surface area contributed by atoms with Crippen LogP contribution in [0.15, 0.2) is 28.6 Å². The van der Waals surface area contributed by atoms with Crippen LogP contribution in [0.1, 0.15) is 10.9 Å². The minimum atomic E-state index is -0.243. The third-order valence-electron chi connectivity index (χ3n) is 1.50. The van der Waals surface area contributed by atoms with Gasteiger partial charge in [-0.1, -0.05) is 6.08 Å². The first-order chi connectivity index (χ1) is 6.29. The summed E-state index contributed by atoms with van der Waals surface area (Å²) in [4.78, 5) is 1.02. The van der Waals surface area contributed by atoms with Crippen LogP contribution in [-0.4, -0.2) is 6.54 Å². The summed E-state index contributed by atoms with van der Waals surface area (Å²) in [6.45, 7) is 4.23. The Morgan fingerprint density at radius 2 is 2.62 bits per heavy atom. The van der Waals surface area contributed by atoms with Crippen molar-refractivity contribution < 1.29 is 0 Å². The molecule has 1 unspecified atom stereocenters. The third kappa shape index (κ3) is 2.66. The van der Waals surface area contributed by atoms with E-state index in [1.54, 1.807) is 17.4 Å². The Morgan fingerprint density at radius 1 is 1.85 bits per heavy atom. The van der Waals surface area contributed by atoms with Crippen molar-refractivity contribution in [1.29, 1.82) is 5.26 Å². The van der Waals surface area contributed by atoms with Crippen molar-refractivity contribution in [2.45, 2.75) is 6.04 Å². The van der Waals surface area contributed by atoms with Gasteiger partial charge in [-0.15, -0.1) is 17.9 Å². The monoisotopic (exact) mass is 256 g/mol. The second-order valence-corrected chi connectivity index (χ2v) is 4.19. The molecule has 0 aromatic carbocycles. The smallest absolute Gasteiger partial charge is 0.131 e. The van der Waals surface area contributed by atoms with E-state index in [0.29, 0.717) is 6.54 Å². The molecule has 2 nitrogen and oxygen atoms in total. The summed E-state index contributed by atoms with van der Waals surface area (Å²) in [6.07, 6.45) is 1.74. The average molecular weight is 257 g/mol. The Bertz CT molecular complexity index is 327. The number of rotatable bonds is 4. The highest BCUT2D eigenvalue weighted by atomic mass is 79.9. The number of nitriles is 1. The number of nitrogens with zero attached hydrogens (tertiary/aromatic N) is 1. The van der Waals surface area contributed by atoms with Crippen molar-refractivity contribution in [2.75, 3.05) is 6.54 Å². The van der Waals surface area contributed by atoms with Crippen LogP contribution in [0.2, 0.25) is 0 Å². The summed E-state index contributed by atoms with van der Waals surface area (Å²) in [7, 11) is 0. The largest absolute Gasteiger partial charge is 0.294 e. The molecule has 1 atom stereocenters. The second-order valence-electron chi connectivity index (χ2n) is 2.39. The predicted octanol–water partition coefficient (Wildman–Crippen LogP) is 2.85. The lowest BCUT2D eigenvalue weighted by molar-refractivity contribution is 0.692. The fourth-order valence-corrected chi connectivity index (χ4v) is 2.53. The lowest BCUT2D eigenvalue weighted by Gasteiger charge is -2.07. The van der Waals surface area contributed by atoms with E-state index in [2.05, 4.69) is 33.9 Å². The van der Waals surface area contributed by atoms with Gasteiger partial charge in [0.2, 0.25) is 0 Å². The van der Waals surface area contributed by atoms with Gasteiger partial charge in [-0.2, -0.15) is 5.26 Å². The van der Waals surface area contributed by atoms with E-state index in [4.69, 9.17) is 5.26 Å². The molecule has 68 valence electrons. The number of thiophene rings is 1. The normalized spacial score (nSPS) is 12.0. The fraction of sp³-hybridized carbons (Fsp3) is 0.222. The Labute approximate surface area is 90.0 Å². The molecule has 1 N–H and O–H groups in total. The zero-order chi connectivity index (χ0) is 9.68. The van der Waals surface area contributed by atoms with E-state index in [9.17, 15) is 0 Å². The Kier molecular flexibility index (Phi) is 4.16. The summed E-state index contributed by atoms with van der Waals surface area (Å²) >= 11 is 4.96. The highest BCUT2D eigenvalue weighted by Gasteiger charge is 2.13. The molecule has 1 heterocycles. The van der Waals surface area contributed by atoms with Gasteiger partial charge in [0.1, 0.15) is 6.04 Å². The summed E-state index contributed by atoms with van der Waals surface area (Å²) in [5.74, 6) is 0. The van der Waals surface area contributed by atoms with Crippen molar-refractivity contribution in [3.8, 4) is 6.07 Å². The lowest BCUT2D eigenvalue weighted by Crippen LogP contribution is -2.18. The average Bonchev–Trinajstić information content (AvgIpc) is 2.54. The van der Waals surface area contributed by atoms with Gasteiger partial charge in [-0.3, -0.25) is 5.32 Å². The maximum Gasteiger partial charge on any atom is 0.131 e. The predicted molar refractivity (Wildman–Crippen MR) is 58.6 cm³/mol. The molecule has 0 aliphatic rings. The molecule has 0 amide bonds. The van der Waals surface area contributed by atoms with E-state index in [-0.39, 0.29) is 6.04 Å². The van der Waals surface area contributed by atoms with Gasteiger partial charge in [-0.05, 0) is 27.4 Å². The first-order valence-corrected chi connectivity index (χ1v) is 5.43. The molecule has 1 aromatic heterocycles. The lowest BCUT2D eigenvalue weighted by atomic mass is 10.2. The molecule has 1 aromatic rings. The van der Waals surface area contributed by atoms with Gasteiger partial charge in [-0.25, -0.2) is 0 Å². The van der Waals surface area contributed by atoms with Crippen LogP contribution in [0.25, 0.3) is 0 Å². The molecule has 0 spiro atoms. The molecule has 0 aliphatic carbocycles. The van der Waals surface area contributed by atoms with Crippen LogP contribution >= 0.6 is 27.3 Å². The molecule has 0 saturated carbocycles. The molecule has 4 heteroatoms. The molecular formula is C9H9BrN2S. The van der Waals surface area contributed by atoms with Gasteiger partial charge in [0.25, 0.3) is 0 Å². The van der Waals surface area contributed by atoms with Gasteiger partial charge in [0.15, 0.2) is 0 Å². The second kappa shape index (κ2) is 5.18. The van der Waals surface area contributed by atoms with Crippen LogP contribution in [0, 0.1) is 11.3 Å². The third-order valence-corrected chi connectivity index (χ3v) is 3.44. The van der Waals surface area contributed by atoms with Crippen molar-refractivity contribution in [3.63, 3.8) is 0 Å². The summed E-state index contributed by atoms with van der Waals surface area (Å²) < 4.78 is 0.987. The van der Waals surface area contributed by atoms with Crippen molar-refractivity contribution in [3.05, 3.63) is 33.5 Å². The maximum absolute atomic E-state index is 8.89. The van der Waals surface area contributed by atoms with Gasteiger partial charge >= 0.3 is 0 Å². The minimum Gasteiger partial charge on any atom is -0.294 e. The van der Waals surface area contributed by atoms with Crippen molar-refractivity contribution in [2.24, 2.45) is 0 Å². The minimum absolute atomic E-state index is 0.243. The van der Waals surface area contributed by atoms with Crippen molar-refractivity contribution in [1.82, 2.24) is 5.32 Å². The molecular weight excluding hydrogens is 248 g/mol. The Morgan fingerprint density at radius 3 is 3.08 bits per heavy atom. The molecule has 13 heavy (non-hydrogen) atoms. The topological polar surface area (TPSA) is 35.8 Å². The van der Waals surface area contributed by atoms with E-state index in [1.165, 1.54) is 0 Å². The van der Waals surface area contributed by atoms with Crippen molar-refractivity contribution >= 4 is 27.3 Å². The zero-order valence-electron chi connectivity index (χ0n) is 6.96. The number of hydrogen-bond acceptors (Lipinski definition) is 3. The highest BCUT2D eigenvalue weighted by molar-refractivity contribution is 9.10. The zero-order valence-corrected chi connectivity index (χ0v) is 9.36. The van der Waals surface area contributed by atoms with Crippen LogP contribution in [0.5, 0.6) is 0 Å². The van der Waals surface area contributed by atoms with Crippen LogP contribution < -0.4 is 5.32 Å². The number of halogens is 1. The van der Waals surface area contributed by atoms with Gasteiger partial charge in [0, 0.05) is 11.0 Å². The fourth-order valence-electron chi connectivity index (χ4n) is 0.910. The van der Waals surface area contributed by atoms with Gasteiger partial charge in [0.05, 0.1) is 10.9 Å². The molecule has 0 saturated heterocycles. The highest BCUT2D eigenvalue weighted by Crippen LogP contribution is 2.28. The Hall–Kier alpha value is -0.630. The molecule has 0 radical (unpaired) electrons. The first kappa shape index (κ1) is 10.5. The summed E-state index contributed by atoms with van der Waals surface area (Å²) in [5.41, 5.74) is 0. The summed E-state index contributed by atoms with van der Waals surface area (Å²) in [5, 5.41) is 13.9. The van der Waals surface area contributed by atoms with E-state index in [1.807, 2.05) is 11.4 Å².